The first-order chi connectivity index (χ1) is 15.3. The quantitative estimate of drug-likeness (QED) is 0.597. The van der Waals surface area contributed by atoms with E-state index in [9.17, 15) is 4.39 Å². The molecule has 0 bridgehead atoms. The first-order valence-corrected chi connectivity index (χ1v) is 11.1. The van der Waals surface area contributed by atoms with Crippen LogP contribution in [0.1, 0.15) is 60.4 Å². The summed E-state index contributed by atoms with van der Waals surface area (Å²) in [5, 5.41) is 8.55. The summed E-state index contributed by atoms with van der Waals surface area (Å²) < 4.78 is 17.0. The molecule has 5 rings (SSSR count). The number of pyridine rings is 1. The highest BCUT2D eigenvalue weighted by Gasteiger charge is 2.30. The van der Waals surface area contributed by atoms with E-state index in [1.807, 2.05) is 37.4 Å². The Labute approximate surface area is 187 Å². The first kappa shape index (κ1) is 20.5. The van der Waals surface area contributed by atoms with Crippen LogP contribution in [0.15, 0.2) is 41.9 Å². The van der Waals surface area contributed by atoms with Gasteiger partial charge >= 0.3 is 0 Å². The summed E-state index contributed by atoms with van der Waals surface area (Å²) in [5.74, 6) is 1.25. The number of hydrogen-bond donors (Lipinski definition) is 2. The Kier molecular flexibility index (Phi) is 4.92. The van der Waals surface area contributed by atoms with Gasteiger partial charge in [0.05, 0.1) is 0 Å². The van der Waals surface area contributed by atoms with Crippen LogP contribution in [0.25, 0.3) is 11.3 Å². The van der Waals surface area contributed by atoms with Gasteiger partial charge in [-0.15, -0.1) is 10.2 Å². The van der Waals surface area contributed by atoms with Gasteiger partial charge in [0.15, 0.2) is 5.65 Å². The number of halogens is 1. The fraction of sp³-hybridized carbons (Fsp3) is 0.360. The van der Waals surface area contributed by atoms with Crippen LogP contribution in [0.2, 0.25) is 0 Å². The highest BCUT2D eigenvalue weighted by Crippen LogP contribution is 2.42. The van der Waals surface area contributed by atoms with Crippen molar-refractivity contribution < 1.29 is 4.39 Å². The standard InChI is InChI=1S/C25H29FN6/c1-14(10-15(2)27)23(28)19-11-18-7-6-16-4-5-17-8-9-21(26)20(22(16)17)12-31(3)25(18)32-13-29-30-24(19)32/h8-11,13,16H,4-7,12,27-28H2,1-3H3/b15-10-,23-14-. The Hall–Kier alpha value is -3.35. The molecular formula is C25H29FN6. The minimum Gasteiger partial charge on any atom is -0.402 e. The molecule has 3 aromatic rings. The normalized spacial score (nSPS) is 19.2. The zero-order valence-corrected chi connectivity index (χ0v) is 18.8. The van der Waals surface area contributed by atoms with Gasteiger partial charge in [0.2, 0.25) is 0 Å². The van der Waals surface area contributed by atoms with Crippen LogP contribution in [0.4, 0.5) is 10.2 Å². The Morgan fingerprint density at radius 2 is 1.91 bits per heavy atom. The molecule has 1 unspecified atom stereocenters. The van der Waals surface area contributed by atoms with Crippen molar-refractivity contribution in [2.45, 2.75) is 52.0 Å². The molecular weight excluding hydrogens is 403 g/mol. The number of fused-ring (bicyclic) bond motifs is 3. The maximum absolute atomic E-state index is 15.0. The number of nitrogens with zero attached hydrogens (tertiary/aromatic N) is 4. The fourth-order valence-corrected chi connectivity index (χ4v) is 5.45. The van der Waals surface area contributed by atoms with Crippen LogP contribution in [-0.4, -0.2) is 21.6 Å². The van der Waals surface area contributed by atoms with Gasteiger partial charge in [-0.3, -0.25) is 4.40 Å². The van der Waals surface area contributed by atoms with Gasteiger partial charge in [0.1, 0.15) is 18.0 Å². The average molecular weight is 433 g/mol. The summed E-state index contributed by atoms with van der Waals surface area (Å²) in [5.41, 5.74) is 20.7. The minimum absolute atomic E-state index is 0.116. The third kappa shape index (κ3) is 3.23. The van der Waals surface area contributed by atoms with Gasteiger partial charge in [0, 0.05) is 36.1 Å². The van der Waals surface area contributed by atoms with Crippen molar-refractivity contribution in [2.24, 2.45) is 11.5 Å². The van der Waals surface area contributed by atoms with E-state index in [2.05, 4.69) is 21.2 Å². The maximum atomic E-state index is 15.0. The second kappa shape index (κ2) is 7.65. The highest BCUT2D eigenvalue weighted by atomic mass is 19.1. The molecule has 1 aliphatic carbocycles. The zero-order valence-electron chi connectivity index (χ0n) is 18.8. The van der Waals surface area contributed by atoms with E-state index in [1.54, 1.807) is 12.4 Å². The number of aromatic nitrogens is 3. The minimum atomic E-state index is -0.116. The van der Waals surface area contributed by atoms with Gasteiger partial charge in [0.25, 0.3) is 0 Å². The molecule has 2 aromatic heterocycles. The SMILES string of the molecule is C/C(N)=C/C(C)=C(\N)c1cc2c(n3cnnc13)N(C)Cc1c(F)ccc3c1C(CC3)CC2. The van der Waals surface area contributed by atoms with Crippen LogP contribution < -0.4 is 16.4 Å². The summed E-state index contributed by atoms with van der Waals surface area (Å²) in [6.45, 7) is 4.30. The number of hydrogen-bond acceptors (Lipinski definition) is 5. The molecule has 4 N–H and O–H groups in total. The van der Waals surface area contributed by atoms with Gasteiger partial charge in [-0.05, 0) is 85.9 Å². The summed E-state index contributed by atoms with van der Waals surface area (Å²) >= 11 is 0. The smallest absolute Gasteiger partial charge is 0.171 e. The lowest BCUT2D eigenvalue weighted by Gasteiger charge is -2.25. The van der Waals surface area contributed by atoms with E-state index in [1.165, 1.54) is 16.7 Å². The molecule has 0 spiro atoms. The van der Waals surface area contributed by atoms with Gasteiger partial charge in [-0.2, -0.15) is 0 Å². The molecule has 6 nitrogen and oxygen atoms in total. The predicted molar refractivity (Wildman–Crippen MR) is 126 cm³/mol. The first-order valence-electron chi connectivity index (χ1n) is 11.1. The lowest BCUT2D eigenvalue weighted by Crippen LogP contribution is -2.22. The van der Waals surface area contributed by atoms with Crippen molar-refractivity contribution in [1.29, 1.82) is 0 Å². The molecule has 0 saturated carbocycles. The number of nitrogens with two attached hydrogens (primary N) is 2. The largest absolute Gasteiger partial charge is 0.402 e. The third-order valence-corrected chi connectivity index (χ3v) is 6.86. The lowest BCUT2D eigenvalue weighted by molar-refractivity contribution is 0.587. The summed E-state index contributed by atoms with van der Waals surface area (Å²) in [6, 6.07) is 5.73. The van der Waals surface area contributed by atoms with E-state index in [-0.39, 0.29) is 5.82 Å². The zero-order chi connectivity index (χ0) is 22.6. The number of benzene rings is 1. The Bertz CT molecular complexity index is 1280. The molecule has 1 aliphatic heterocycles. The van der Waals surface area contributed by atoms with E-state index in [0.29, 0.717) is 29.5 Å². The molecule has 32 heavy (non-hydrogen) atoms. The highest BCUT2D eigenvalue weighted by molar-refractivity contribution is 5.80. The van der Waals surface area contributed by atoms with Crippen molar-refractivity contribution in [1.82, 2.24) is 14.6 Å². The van der Waals surface area contributed by atoms with Crippen LogP contribution in [0.3, 0.4) is 0 Å². The number of aryl methyl sites for hydroxylation is 2. The number of anilines is 1. The summed E-state index contributed by atoms with van der Waals surface area (Å²) in [7, 11) is 2.01. The second-order valence-electron chi connectivity index (χ2n) is 9.15. The summed E-state index contributed by atoms with van der Waals surface area (Å²) in [4.78, 5) is 2.12. The maximum Gasteiger partial charge on any atom is 0.171 e. The molecule has 1 atom stereocenters. The monoisotopic (exact) mass is 432 g/mol. The summed E-state index contributed by atoms with van der Waals surface area (Å²) in [6.07, 6.45) is 7.54. The van der Waals surface area contributed by atoms with Crippen LogP contribution >= 0.6 is 0 Å². The average Bonchev–Trinajstić information content (AvgIpc) is 3.39. The topological polar surface area (TPSA) is 85.5 Å². The lowest BCUT2D eigenvalue weighted by atomic mass is 9.90. The predicted octanol–water partition coefficient (Wildman–Crippen LogP) is 4.03. The molecule has 0 saturated heterocycles. The molecule has 166 valence electrons. The molecule has 7 heteroatoms. The second-order valence-corrected chi connectivity index (χ2v) is 9.15. The van der Waals surface area contributed by atoms with Crippen molar-refractivity contribution in [3.8, 4) is 0 Å². The van der Waals surface area contributed by atoms with E-state index < -0.39 is 0 Å². The van der Waals surface area contributed by atoms with Gasteiger partial charge < -0.3 is 16.4 Å². The van der Waals surface area contributed by atoms with Gasteiger partial charge in [-0.25, -0.2) is 4.39 Å². The Morgan fingerprint density at radius 1 is 1.16 bits per heavy atom. The molecule has 0 amide bonds. The number of allylic oxidation sites excluding steroid dienone is 3. The molecule has 0 radical (unpaired) electrons. The molecule has 1 aromatic carbocycles. The Morgan fingerprint density at radius 3 is 2.66 bits per heavy atom. The number of rotatable bonds is 2. The van der Waals surface area contributed by atoms with Gasteiger partial charge in [-0.1, -0.05) is 6.07 Å². The van der Waals surface area contributed by atoms with Crippen LogP contribution in [0, 0.1) is 5.82 Å². The Balaban J connectivity index is 1.70. The van der Waals surface area contributed by atoms with Crippen LogP contribution in [-0.2, 0) is 19.4 Å². The fourth-order valence-electron chi connectivity index (χ4n) is 5.45. The van der Waals surface area contributed by atoms with Crippen molar-refractivity contribution in [2.75, 3.05) is 11.9 Å². The van der Waals surface area contributed by atoms with Crippen molar-refractivity contribution in [3.05, 3.63) is 75.5 Å². The van der Waals surface area contributed by atoms with Crippen molar-refractivity contribution in [3.63, 3.8) is 0 Å². The molecule has 3 heterocycles. The third-order valence-electron chi connectivity index (χ3n) is 6.86. The van der Waals surface area contributed by atoms with E-state index in [0.717, 1.165) is 48.2 Å². The molecule has 0 fully saturated rings. The molecule has 2 aliphatic rings. The van der Waals surface area contributed by atoms with E-state index in [4.69, 9.17) is 11.5 Å². The van der Waals surface area contributed by atoms with Crippen molar-refractivity contribution >= 4 is 17.2 Å². The van der Waals surface area contributed by atoms with E-state index >= 15 is 0 Å². The van der Waals surface area contributed by atoms with Crippen LogP contribution in [0.5, 0.6) is 0 Å².